The van der Waals surface area contributed by atoms with Gasteiger partial charge in [0.05, 0.1) is 18.2 Å². The largest absolute Gasteiger partial charge is 0.465 e. The third-order valence-corrected chi connectivity index (χ3v) is 3.87. The van der Waals surface area contributed by atoms with Crippen molar-refractivity contribution in [3.8, 4) is 11.1 Å². The predicted molar refractivity (Wildman–Crippen MR) is 88.6 cm³/mol. The first-order valence-electron chi connectivity index (χ1n) is 6.64. The molecule has 0 amide bonds. The highest BCUT2D eigenvalue weighted by molar-refractivity contribution is 7.80. The molecule has 1 heterocycles. The fourth-order valence-corrected chi connectivity index (χ4v) is 2.69. The lowest BCUT2D eigenvalue weighted by Crippen LogP contribution is -2.12. The van der Waals surface area contributed by atoms with Crippen LogP contribution in [0.5, 0.6) is 0 Å². The van der Waals surface area contributed by atoms with Gasteiger partial charge >= 0.3 is 5.97 Å². The third-order valence-electron chi connectivity index (χ3n) is 3.48. The molecule has 0 bridgehead atoms. The Kier molecular flexibility index (Phi) is 3.73. The van der Waals surface area contributed by atoms with Gasteiger partial charge in [0.15, 0.2) is 0 Å². The van der Waals surface area contributed by atoms with Crippen molar-refractivity contribution in [2.45, 2.75) is 4.90 Å². The number of ether oxygens (including phenoxy) is 1. The Morgan fingerprint density at radius 1 is 1.09 bits per heavy atom. The van der Waals surface area contributed by atoms with Crippen LogP contribution in [-0.2, 0) is 4.74 Å². The van der Waals surface area contributed by atoms with E-state index in [4.69, 9.17) is 4.74 Å². The number of aromatic amines is 1. The van der Waals surface area contributed by atoms with Crippen LogP contribution in [0.25, 0.3) is 22.0 Å². The number of thiol groups is 1. The van der Waals surface area contributed by atoms with E-state index in [9.17, 15) is 9.59 Å². The Labute approximate surface area is 132 Å². The van der Waals surface area contributed by atoms with Crippen molar-refractivity contribution in [1.82, 2.24) is 4.98 Å². The summed E-state index contributed by atoms with van der Waals surface area (Å²) in [6, 6.07) is 14.3. The highest BCUT2D eigenvalue weighted by atomic mass is 32.1. The fourth-order valence-electron chi connectivity index (χ4n) is 2.41. The number of pyridine rings is 1. The summed E-state index contributed by atoms with van der Waals surface area (Å²) in [4.78, 5) is 27.7. The number of hydrogen-bond acceptors (Lipinski definition) is 4. The smallest absolute Gasteiger partial charge is 0.339 e. The summed E-state index contributed by atoms with van der Waals surface area (Å²) >= 11 is 4.39. The van der Waals surface area contributed by atoms with Crippen LogP contribution in [0.4, 0.5) is 0 Å². The summed E-state index contributed by atoms with van der Waals surface area (Å²) in [5, 5.41) is 0.758. The lowest BCUT2D eigenvalue weighted by molar-refractivity contribution is 0.0603. The quantitative estimate of drug-likeness (QED) is 0.564. The van der Waals surface area contributed by atoms with Gasteiger partial charge in [0.2, 0.25) is 0 Å². The van der Waals surface area contributed by atoms with Gasteiger partial charge in [-0.05, 0) is 23.6 Å². The molecule has 0 atom stereocenters. The number of fused-ring (bicyclic) bond motifs is 1. The van der Waals surface area contributed by atoms with E-state index in [1.54, 1.807) is 18.2 Å². The van der Waals surface area contributed by atoms with Crippen LogP contribution in [0.15, 0.2) is 58.2 Å². The van der Waals surface area contributed by atoms with Crippen molar-refractivity contribution in [2.24, 2.45) is 0 Å². The molecule has 0 aliphatic rings. The van der Waals surface area contributed by atoms with E-state index >= 15 is 0 Å². The average molecular weight is 311 g/mol. The number of H-pyrrole nitrogens is 1. The molecule has 3 aromatic rings. The highest BCUT2D eigenvalue weighted by Crippen LogP contribution is 2.26. The first kappa shape index (κ1) is 14.4. The van der Waals surface area contributed by atoms with Gasteiger partial charge in [-0.1, -0.05) is 30.3 Å². The van der Waals surface area contributed by atoms with Gasteiger partial charge in [-0.3, -0.25) is 4.79 Å². The summed E-state index contributed by atoms with van der Waals surface area (Å²) in [6.07, 6.45) is 0. The molecule has 5 heteroatoms. The van der Waals surface area contributed by atoms with Gasteiger partial charge < -0.3 is 9.72 Å². The number of benzene rings is 2. The summed E-state index contributed by atoms with van der Waals surface area (Å²) < 4.78 is 4.75. The average Bonchev–Trinajstić information content (AvgIpc) is 2.54. The summed E-state index contributed by atoms with van der Waals surface area (Å²) in [5.74, 6) is -0.483. The molecule has 0 unspecified atom stereocenters. The zero-order valence-corrected chi connectivity index (χ0v) is 12.7. The highest BCUT2D eigenvalue weighted by Gasteiger charge is 2.14. The minimum absolute atomic E-state index is 0.273. The molecule has 1 aromatic heterocycles. The number of esters is 1. The summed E-state index contributed by atoms with van der Waals surface area (Å²) in [5.41, 5.74) is 1.80. The lowest BCUT2D eigenvalue weighted by atomic mass is 10.0. The monoisotopic (exact) mass is 311 g/mol. The number of aromatic nitrogens is 1. The van der Waals surface area contributed by atoms with E-state index in [0.29, 0.717) is 16.6 Å². The van der Waals surface area contributed by atoms with Crippen molar-refractivity contribution in [1.29, 1.82) is 0 Å². The summed E-state index contributed by atoms with van der Waals surface area (Å²) in [6.45, 7) is 0. The maximum atomic E-state index is 12.4. The SMILES string of the molecule is COC(=O)c1cccc2cc(-c3ccccc3S)c(=O)[nH]c12. The van der Waals surface area contributed by atoms with Gasteiger partial charge in [0.25, 0.3) is 5.56 Å². The van der Waals surface area contributed by atoms with Crippen molar-refractivity contribution < 1.29 is 9.53 Å². The molecule has 4 nitrogen and oxygen atoms in total. The molecule has 3 rings (SSSR count). The maximum absolute atomic E-state index is 12.4. The van der Waals surface area contributed by atoms with Crippen molar-refractivity contribution in [2.75, 3.05) is 7.11 Å². The Morgan fingerprint density at radius 3 is 2.59 bits per heavy atom. The van der Waals surface area contributed by atoms with E-state index in [2.05, 4.69) is 17.6 Å². The van der Waals surface area contributed by atoms with Gasteiger partial charge in [0, 0.05) is 16.0 Å². The molecule has 0 saturated heterocycles. The van der Waals surface area contributed by atoms with Crippen LogP contribution in [0.1, 0.15) is 10.4 Å². The molecule has 22 heavy (non-hydrogen) atoms. The van der Waals surface area contributed by atoms with Crippen LogP contribution in [0, 0.1) is 0 Å². The Morgan fingerprint density at radius 2 is 1.86 bits per heavy atom. The van der Waals surface area contributed by atoms with Crippen LogP contribution < -0.4 is 5.56 Å². The molecule has 0 radical (unpaired) electrons. The van der Waals surface area contributed by atoms with E-state index in [1.807, 2.05) is 30.3 Å². The Bertz CT molecular complexity index is 931. The standard InChI is InChI=1S/C17H13NO3S/c1-21-17(20)12-7-4-5-10-9-13(16(19)18-15(10)12)11-6-2-3-8-14(11)22/h2-9,22H,1H3,(H,18,19). The van der Waals surface area contributed by atoms with Crippen molar-refractivity contribution in [3.05, 3.63) is 64.4 Å². The number of para-hydroxylation sites is 1. The molecule has 110 valence electrons. The molecule has 0 aliphatic carbocycles. The third kappa shape index (κ3) is 2.40. The van der Waals surface area contributed by atoms with E-state index in [0.717, 1.165) is 15.8 Å². The number of rotatable bonds is 2. The summed E-state index contributed by atoms with van der Waals surface area (Å²) in [7, 11) is 1.31. The molecule has 1 N–H and O–H groups in total. The second-order valence-corrected chi connectivity index (χ2v) is 5.27. The van der Waals surface area contributed by atoms with Crippen molar-refractivity contribution >= 4 is 29.5 Å². The predicted octanol–water partition coefficient (Wildman–Crippen LogP) is 3.27. The first-order chi connectivity index (χ1) is 10.6. The zero-order valence-electron chi connectivity index (χ0n) is 11.8. The molecule has 0 spiro atoms. The topological polar surface area (TPSA) is 59.2 Å². The van der Waals surface area contributed by atoms with Gasteiger partial charge in [0.1, 0.15) is 0 Å². The molecule has 0 aliphatic heterocycles. The fraction of sp³-hybridized carbons (Fsp3) is 0.0588. The van der Waals surface area contributed by atoms with Crippen LogP contribution in [-0.4, -0.2) is 18.1 Å². The molecular weight excluding hydrogens is 298 g/mol. The number of carbonyl (C=O) groups is 1. The second kappa shape index (κ2) is 5.69. The maximum Gasteiger partial charge on any atom is 0.339 e. The number of hydrogen-bond donors (Lipinski definition) is 2. The zero-order chi connectivity index (χ0) is 15.7. The van der Waals surface area contributed by atoms with Crippen LogP contribution in [0.2, 0.25) is 0 Å². The van der Waals surface area contributed by atoms with E-state index in [1.165, 1.54) is 7.11 Å². The molecule has 2 aromatic carbocycles. The van der Waals surface area contributed by atoms with Gasteiger partial charge in [-0.25, -0.2) is 4.79 Å². The minimum Gasteiger partial charge on any atom is -0.465 e. The Balaban J connectivity index is 2.29. The number of carbonyl (C=O) groups excluding carboxylic acids is 1. The first-order valence-corrected chi connectivity index (χ1v) is 7.09. The van der Waals surface area contributed by atoms with Gasteiger partial charge in [-0.15, -0.1) is 12.6 Å². The molecular formula is C17H13NO3S. The Hall–Kier alpha value is -2.53. The lowest BCUT2D eigenvalue weighted by Gasteiger charge is -2.08. The van der Waals surface area contributed by atoms with E-state index in [-0.39, 0.29) is 5.56 Å². The van der Waals surface area contributed by atoms with E-state index < -0.39 is 5.97 Å². The molecule has 0 fully saturated rings. The second-order valence-electron chi connectivity index (χ2n) is 4.79. The van der Waals surface area contributed by atoms with Gasteiger partial charge in [-0.2, -0.15) is 0 Å². The minimum atomic E-state index is -0.483. The van der Waals surface area contributed by atoms with Crippen molar-refractivity contribution in [3.63, 3.8) is 0 Å². The number of nitrogens with one attached hydrogen (secondary N) is 1. The number of methoxy groups -OCH3 is 1. The van der Waals surface area contributed by atoms with Crippen LogP contribution >= 0.6 is 12.6 Å². The normalized spacial score (nSPS) is 10.6. The van der Waals surface area contributed by atoms with Crippen LogP contribution in [0.3, 0.4) is 0 Å². The molecule has 0 saturated carbocycles.